The molecule has 0 radical (unpaired) electrons. The molecule has 1 heterocycles. The number of esters is 1. The average molecular weight is 336 g/mol. The predicted octanol–water partition coefficient (Wildman–Crippen LogP) is 2.66. The first-order valence-corrected chi connectivity index (χ1v) is 7.76. The van der Waals surface area contributed by atoms with Crippen LogP contribution in [0.25, 0.3) is 10.8 Å². The van der Waals surface area contributed by atoms with Crippen LogP contribution in [0.5, 0.6) is 0 Å². The molecule has 0 fully saturated rings. The van der Waals surface area contributed by atoms with Gasteiger partial charge in [-0.05, 0) is 19.9 Å². The van der Waals surface area contributed by atoms with Crippen molar-refractivity contribution in [2.24, 2.45) is 0 Å². The Hall–Kier alpha value is -3.28. The number of benzene rings is 2. The molecule has 0 spiro atoms. The van der Waals surface area contributed by atoms with Crippen LogP contribution in [0.2, 0.25) is 0 Å². The molecule has 0 unspecified atom stereocenters. The fraction of sp³-hybridized carbons (Fsp3) is 0.158. The highest BCUT2D eigenvalue weighted by molar-refractivity contribution is 6.05. The molecule has 0 bridgehead atoms. The topological polar surface area (TPSA) is 89.1 Å². The lowest BCUT2D eigenvalue weighted by Crippen LogP contribution is -2.26. The SMILES string of the molecule is Cc1ccc(C(=O)[C@H](C)OC(=O)c2n[nH]c(=O)c3ccccc23)cc1. The third-order valence-electron chi connectivity index (χ3n) is 3.88. The number of hydrogen-bond acceptors (Lipinski definition) is 5. The first-order valence-electron chi connectivity index (χ1n) is 7.76. The Morgan fingerprint density at radius 3 is 2.36 bits per heavy atom. The Balaban J connectivity index is 1.85. The van der Waals surface area contributed by atoms with Crippen molar-refractivity contribution < 1.29 is 14.3 Å². The van der Waals surface area contributed by atoms with Gasteiger partial charge < -0.3 is 4.74 Å². The first kappa shape index (κ1) is 16.6. The van der Waals surface area contributed by atoms with Crippen LogP contribution in [0.15, 0.2) is 53.3 Å². The van der Waals surface area contributed by atoms with Crippen LogP contribution in [0, 0.1) is 6.92 Å². The number of ketones is 1. The van der Waals surface area contributed by atoms with Gasteiger partial charge in [-0.3, -0.25) is 9.59 Å². The number of aromatic amines is 1. The normalized spacial score (nSPS) is 11.9. The van der Waals surface area contributed by atoms with Gasteiger partial charge in [0.2, 0.25) is 5.78 Å². The van der Waals surface area contributed by atoms with Crippen molar-refractivity contribution in [3.05, 3.63) is 75.7 Å². The highest BCUT2D eigenvalue weighted by atomic mass is 16.5. The molecule has 0 saturated heterocycles. The number of nitrogens with one attached hydrogen (secondary N) is 1. The second-order valence-electron chi connectivity index (χ2n) is 5.72. The summed E-state index contributed by atoms with van der Waals surface area (Å²) in [6.07, 6.45) is -0.970. The lowest BCUT2D eigenvalue weighted by atomic mass is 10.1. The molecule has 0 aliphatic rings. The Morgan fingerprint density at radius 1 is 1.04 bits per heavy atom. The fourth-order valence-corrected chi connectivity index (χ4v) is 2.49. The van der Waals surface area contributed by atoms with Crippen LogP contribution in [0.4, 0.5) is 0 Å². The maximum atomic E-state index is 12.4. The molecule has 25 heavy (non-hydrogen) atoms. The van der Waals surface area contributed by atoms with Crippen molar-refractivity contribution in [1.82, 2.24) is 10.2 Å². The maximum absolute atomic E-state index is 12.4. The van der Waals surface area contributed by atoms with Crippen molar-refractivity contribution in [1.29, 1.82) is 0 Å². The number of ether oxygens (including phenoxy) is 1. The number of hydrogen-bond donors (Lipinski definition) is 1. The van der Waals surface area contributed by atoms with Crippen LogP contribution >= 0.6 is 0 Å². The average Bonchev–Trinajstić information content (AvgIpc) is 2.62. The molecule has 1 N–H and O–H groups in total. The summed E-state index contributed by atoms with van der Waals surface area (Å²) in [5.74, 6) is -1.07. The molecule has 3 rings (SSSR count). The standard InChI is InChI=1S/C19H16N2O4/c1-11-7-9-13(10-8-11)17(22)12(2)25-19(24)16-14-5-3-4-6-15(14)18(23)21-20-16/h3-10,12H,1-2H3,(H,21,23)/t12-/m0/s1. The summed E-state index contributed by atoms with van der Waals surface area (Å²) >= 11 is 0. The molecule has 0 aliphatic carbocycles. The van der Waals surface area contributed by atoms with Crippen molar-refractivity contribution in [2.45, 2.75) is 20.0 Å². The van der Waals surface area contributed by atoms with E-state index >= 15 is 0 Å². The van der Waals surface area contributed by atoms with Gasteiger partial charge in [0.05, 0.1) is 5.39 Å². The lowest BCUT2D eigenvalue weighted by Gasteiger charge is -2.12. The molecule has 0 saturated carbocycles. The van der Waals surface area contributed by atoms with E-state index in [2.05, 4.69) is 10.2 Å². The van der Waals surface area contributed by atoms with Crippen molar-refractivity contribution in [3.8, 4) is 0 Å². The number of fused-ring (bicyclic) bond motifs is 1. The van der Waals surface area contributed by atoms with Gasteiger partial charge in [-0.2, -0.15) is 5.10 Å². The molecule has 1 atom stereocenters. The van der Waals surface area contributed by atoms with E-state index in [1.165, 1.54) is 6.92 Å². The van der Waals surface area contributed by atoms with Gasteiger partial charge in [0, 0.05) is 10.9 Å². The third kappa shape index (κ3) is 3.33. The van der Waals surface area contributed by atoms with Crippen molar-refractivity contribution >= 4 is 22.5 Å². The molecule has 6 nitrogen and oxygen atoms in total. The molecule has 2 aromatic carbocycles. The minimum Gasteiger partial charge on any atom is -0.449 e. The summed E-state index contributed by atoms with van der Waals surface area (Å²) in [5.41, 5.74) is 1.07. The molecule has 3 aromatic rings. The highest BCUT2D eigenvalue weighted by Gasteiger charge is 2.23. The highest BCUT2D eigenvalue weighted by Crippen LogP contribution is 2.15. The molecule has 126 valence electrons. The van der Waals surface area contributed by atoms with Crippen LogP contribution in [0.3, 0.4) is 0 Å². The maximum Gasteiger partial charge on any atom is 0.360 e. The number of carbonyl (C=O) groups excluding carboxylic acids is 2. The van der Waals surface area contributed by atoms with Crippen LogP contribution in [-0.4, -0.2) is 28.1 Å². The zero-order chi connectivity index (χ0) is 18.0. The summed E-state index contributed by atoms with van der Waals surface area (Å²) in [6.45, 7) is 3.43. The summed E-state index contributed by atoms with van der Waals surface area (Å²) in [5, 5.41) is 6.77. The number of carbonyl (C=O) groups is 2. The Morgan fingerprint density at radius 2 is 1.68 bits per heavy atom. The summed E-state index contributed by atoms with van der Waals surface area (Å²) in [7, 11) is 0. The molecule has 6 heteroatoms. The minimum absolute atomic E-state index is 0.0289. The van der Waals surface area contributed by atoms with Gasteiger partial charge in [0.1, 0.15) is 0 Å². The Labute approximate surface area is 143 Å². The van der Waals surface area contributed by atoms with Crippen molar-refractivity contribution in [2.75, 3.05) is 0 Å². The minimum atomic E-state index is -0.970. The smallest absolute Gasteiger partial charge is 0.360 e. The van der Waals surface area contributed by atoms with E-state index in [1.807, 2.05) is 19.1 Å². The lowest BCUT2D eigenvalue weighted by molar-refractivity contribution is 0.0314. The van der Waals surface area contributed by atoms with Crippen LogP contribution in [0.1, 0.15) is 33.3 Å². The largest absolute Gasteiger partial charge is 0.449 e. The fourth-order valence-electron chi connectivity index (χ4n) is 2.49. The number of aromatic nitrogens is 2. The van der Waals surface area contributed by atoms with E-state index in [-0.39, 0.29) is 11.5 Å². The van der Waals surface area contributed by atoms with E-state index in [9.17, 15) is 14.4 Å². The first-order chi connectivity index (χ1) is 12.0. The van der Waals surface area contributed by atoms with E-state index in [0.29, 0.717) is 16.3 Å². The van der Waals surface area contributed by atoms with Gasteiger partial charge >= 0.3 is 5.97 Å². The van der Waals surface area contributed by atoms with Gasteiger partial charge in [0.15, 0.2) is 11.8 Å². The summed E-state index contributed by atoms with van der Waals surface area (Å²) in [6, 6.07) is 13.6. The molecule has 0 amide bonds. The van der Waals surface area contributed by atoms with Crippen LogP contribution < -0.4 is 5.56 Å². The zero-order valence-corrected chi connectivity index (χ0v) is 13.8. The zero-order valence-electron chi connectivity index (χ0n) is 13.8. The molecular weight excluding hydrogens is 320 g/mol. The van der Waals surface area contributed by atoms with Gasteiger partial charge in [-0.15, -0.1) is 0 Å². The van der Waals surface area contributed by atoms with Gasteiger partial charge in [-0.25, -0.2) is 9.89 Å². The second-order valence-corrected chi connectivity index (χ2v) is 5.72. The second kappa shape index (κ2) is 6.68. The van der Waals surface area contributed by atoms with E-state index in [4.69, 9.17) is 4.74 Å². The van der Waals surface area contributed by atoms with E-state index < -0.39 is 17.6 Å². The van der Waals surface area contributed by atoms with E-state index in [1.54, 1.807) is 36.4 Å². The summed E-state index contributed by atoms with van der Waals surface area (Å²) in [4.78, 5) is 36.6. The molecular formula is C19H16N2O4. The number of Topliss-reactive ketones (excluding diaryl/α,β-unsaturated/α-hetero) is 1. The molecule has 1 aromatic heterocycles. The predicted molar refractivity (Wildman–Crippen MR) is 92.8 cm³/mol. The quantitative estimate of drug-likeness (QED) is 0.584. The van der Waals surface area contributed by atoms with Gasteiger partial charge in [0.25, 0.3) is 5.56 Å². The number of H-pyrrole nitrogens is 1. The van der Waals surface area contributed by atoms with E-state index in [0.717, 1.165) is 5.56 Å². The van der Waals surface area contributed by atoms with Gasteiger partial charge in [-0.1, -0.05) is 48.0 Å². The van der Waals surface area contributed by atoms with Crippen molar-refractivity contribution in [3.63, 3.8) is 0 Å². The monoisotopic (exact) mass is 336 g/mol. The molecule has 0 aliphatic heterocycles. The number of aryl methyl sites for hydroxylation is 1. The number of rotatable bonds is 4. The summed E-state index contributed by atoms with van der Waals surface area (Å²) < 4.78 is 5.26. The Bertz CT molecular complexity index is 1010. The number of nitrogens with zero attached hydrogens (tertiary/aromatic N) is 1. The Kier molecular flexibility index (Phi) is 4.43. The van der Waals surface area contributed by atoms with Crippen LogP contribution in [-0.2, 0) is 4.74 Å². The third-order valence-corrected chi connectivity index (χ3v) is 3.88.